The summed E-state index contributed by atoms with van der Waals surface area (Å²) in [6.07, 6.45) is 2.82. The van der Waals surface area contributed by atoms with Gasteiger partial charge in [0, 0.05) is 19.3 Å². The Morgan fingerprint density at radius 3 is 2.75 bits per heavy atom. The first-order valence-corrected chi connectivity index (χ1v) is 6.58. The maximum absolute atomic E-state index is 12.5. The molecule has 2 aromatic heterocycles. The Hall–Kier alpha value is -2.37. The number of rotatable bonds is 4. The van der Waals surface area contributed by atoms with Gasteiger partial charge in [0.2, 0.25) is 0 Å². The van der Waals surface area contributed by atoms with E-state index >= 15 is 0 Å². The van der Waals surface area contributed by atoms with Crippen LogP contribution in [0.15, 0.2) is 28.3 Å². The summed E-state index contributed by atoms with van der Waals surface area (Å²) in [6.45, 7) is 7.33. The number of fused-ring (bicyclic) bond motifs is 1. The predicted molar refractivity (Wildman–Crippen MR) is 79.1 cm³/mol. The van der Waals surface area contributed by atoms with Crippen molar-refractivity contribution in [1.82, 2.24) is 9.38 Å². The van der Waals surface area contributed by atoms with Crippen molar-refractivity contribution in [3.05, 3.63) is 39.8 Å². The van der Waals surface area contributed by atoms with Crippen LogP contribution in [0.4, 0.5) is 5.82 Å². The highest BCUT2D eigenvalue weighted by atomic mass is 16.4. The second-order valence-corrected chi connectivity index (χ2v) is 4.46. The number of anilines is 1. The normalized spacial score (nSPS) is 11.3. The highest BCUT2D eigenvalue weighted by Gasteiger charge is 2.16. The van der Waals surface area contributed by atoms with Crippen LogP contribution in [0, 0.1) is 6.92 Å². The van der Waals surface area contributed by atoms with Gasteiger partial charge in [0.1, 0.15) is 17.0 Å². The van der Waals surface area contributed by atoms with Crippen molar-refractivity contribution in [3.63, 3.8) is 0 Å². The molecular formula is C14H18N4O2. The summed E-state index contributed by atoms with van der Waals surface area (Å²) < 4.78 is 1.47. The number of oxime groups is 1. The van der Waals surface area contributed by atoms with Crippen molar-refractivity contribution >= 4 is 17.7 Å². The van der Waals surface area contributed by atoms with Crippen molar-refractivity contribution in [2.45, 2.75) is 20.8 Å². The monoisotopic (exact) mass is 274 g/mol. The molecule has 0 amide bonds. The second-order valence-electron chi connectivity index (χ2n) is 4.46. The molecule has 0 bridgehead atoms. The molecule has 0 aliphatic rings. The molecule has 106 valence electrons. The smallest absolute Gasteiger partial charge is 0.269 e. The molecule has 0 radical (unpaired) electrons. The van der Waals surface area contributed by atoms with Crippen molar-refractivity contribution in [1.29, 1.82) is 0 Å². The Balaban J connectivity index is 2.87. The third-order valence-electron chi connectivity index (χ3n) is 3.31. The van der Waals surface area contributed by atoms with Crippen LogP contribution in [0.3, 0.4) is 0 Å². The largest absolute Gasteiger partial charge is 0.411 e. The van der Waals surface area contributed by atoms with Crippen molar-refractivity contribution < 1.29 is 5.21 Å². The standard InChI is InChI=1S/C14H18N4O2/c1-4-17(5-2)13-11(9-15-20)14(19)18-8-6-7-10(3)12(18)16-13/h6-9,20H,4-5H2,1-3H3/b15-9+. The van der Waals surface area contributed by atoms with Gasteiger partial charge in [0.25, 0.3) is 5.56 Å². The zero-order valence-electron chi connectivity index (χ0n) is 11.9. The van der Waals surface area contributed by atoms with E-state index in [4.69, 9.17) is 5.21 Å². The number of pyridine rings is 1. The summed E-state index contributed by atoms with van der Waals surface area (Å²) in [5, 5.41) is 11.8. The summed E-state index contributed by atoms with van der Waals surface area (Å²) in [4.78, 5) is 19.1. The highest BCUT2D eigenvalue weighted by Crippen LogP contribution is 2.16. The molecule has 0 saturated heterocycles. The quantitative estimate of drug-likeness (QED) is 0.523. The first-order chi connectivity index (χ1) is 9.63. The molecule has 0 spiro atoms. The van der Waals surface area contributed by atoms with Gasteiger partial charge in [-0.3, -0.25) is 9.20 Å². The van der Waals surface area contributed by atoms with Gasteiger partial charge in [-0.25, -0.2) is 4.98 Å². The molecule has 6 heteroatoms. The molecule has 1 N–H and O–H groups in total. The predicted octanol–water partition coefficient (Wildman–Crippen LogP) is 1.66. The minimum atomic E-state index is -0.238. The molecule has 0 aliphatic carbocycles. The van der Waals surface area contributed by atoms with Crippen LogP contribution in [0.2, 0.25) is 0 Å². The van der Waals surface area contributed by atoms with Crippen LogP contribution >= 0.6 is 0 Å². The fourth-order valence-corrected chi connectivity index (χ4v) is 2.24. The van der Waals surface area contributed by atoms with Gasteiger partial charge in [0.05, 0.1) is 6.21 Å². The molecular weight excluding hydrogens is 256 g/mol. The van der Waals surface area contributed by atoms with Crippen LogP contribution in [0.25, 0.3) is 5.65 Å². The minimum absolute atomic E-state index is 0.238. The number of hydrogen-bond acceptors (Lipinski definition) is 5. The van der Waals surface area contributed by atoms with Gasteiger partial charge in [-0.15, -0.1) is 0 Å². The maximum atomic E-state index is 12.5. The van der Waals surface area contributed by atoms with E-state index in [0.717, 1.165) is 24.9 Å². The summed E-state index contributed by atoms with van der Waals surface area (Å²) in [6, 6.07) is 3.70. The Morgan fingerprint density at radius 2 is 2.15 bits per heavy atom. The average Bonchev–Trinajstić information content (AvgIpc) is 2.45. The van der Waals surface area contributed by atoms with Crippen molar-refractivity contribution in [2.75, 3.05) is 18.0 Å². The Bertz CT molecular complexity index is 702. The zero-order chi connectivity index (χ0) is 14.7. The number of aromatic nitrogens is 2. The lowest BCUT2D eigenvalue weighted by molar-refractivity contribution is 0.322. The minimum Gasteiger partial charge on any atom is -0.411 e. The molecule has 20 heavy (non-hydrogen) atoms. The Labute approximate surface area is 117 Å². The molecule has 2 rings (SSSR count). The SMILES string of the molecule is CCN(CC)c1nc2c(C)cccn2c(=O)c1/C=N/O. The van der Waals surface area contributed by atoms with Crippen LogP contribution < -0.4 is 10.5 Å². The number of nitrogens with zero attached hydrogens (tertiary/aromatic N) is 4. The lowest BCUT2D eigenvalue weighted by Gasteiger charge is -2.22. The summed E-state index contributed by atoms with van der Waals surface area (Å²) in [5.41, 5.74) is 1.60. The van der Waals surface area contributed by atoms with Gasteiger partial charge in [-0.1, -0.05) is 11.2 Å². The highest BCUT2D eigenvalue weighted by molar-refractivity contribution is 5.86. The van der Waals surface area contributed by atoms with Gasteiger partial charge in [0.15, 0.2) is 0 Å². The van der Waals surface area contributed by atoms with Crippen LogP contribution in [0.1, 0.15) is 25.0 Å². The van der Waals surface area contributed by atoms with Crippen molar-refractivity contribution in [3.8, 4) is 0 Å². The fraction of sp³-hybridized carbons (Fsp3) is 0.357. The molecule has 2 aromatic rings. The van der Waals surface area contributed by atoms with E-state index in [1.54, 1.807) is 12.3 Å². The Kier molecular flexibility index (Phi) is 4.02. The third-order valence-corrected chi connectivity index (χ3v) is 3.31. The lowest BCUT2D eigenvalue weighted by Crippen LogP contribution is -2.30. The fourth-order valence-electron chi connectivity index (χ4n) is 2.24. The van der Waals surface area contributed by atoms with Gasteiger partial charge >= 0.3 is 0 Å². The second kappa shape index (κ2) is 5.73. The summed E-state index contributed by atoms with van der Waals surface area (Å²) >= 11 is 0. The topological polar surface area (TPSA) is 70.2 Å². The van der Waals surface area contributed by atoms with E-state index in [-0.39, 0.29) is 5.56 Å². The molecule has 0 unspecified atom stereocenters. The molecule has 0 aliphatic heterocycles. The molecule has 2 heterocycles. The summed E-state index contributed by atoms with van der Waals surface area (Å²) in [5.74, 6) is 0.548. The van der Waals surface area contributed by atoms with Crippen LogP contribution in [-0.4, -0.2) is 33.9 Å². The first-order valence-electron chi connectivity index (χ1n) is 6.58. The number of hydrogen-bond donors (Lipinski definition) is 1. The Morgan fingerprint density at radius 1 is 1.45 bits per heavy atom. The van der Waals surface area contributed by atoms with E-state index in [1.165, 1.54) is 4.40 Å². The van der Waals surface area contributed by atoms with E-state index < -0.39 is 0 Å². The van der Waals surface area contributed by atoms with Gasteiger partial charge in [-0.05, 0) is 32.4 Å². The molecule has 0 atom stereocenters. The van der Waals surface area contributed by atoms with Crippen LogP contribution in [-0.2, 0) is 0 Å². The molecule has 0 aromatic carbocycles. The lowest BCUT2D eigenvalue weighted by atomic mass is 10.2. The van der Waals surface area contributed by atoms with Crippen molar-refractivity contribution in [2.24, 2.45) is 5.16 Å². The summed E-state index contributed by atoms with van der Waals surface area (Å²) in [7, 11) is 0. The maximum Gasteiger partial charge on any atom is 0.269 e. The molecule has 0 fully saturated rings. The zero-order valence-corrected chi connectivity index (χ0v) is 11.9. The van der Waals surface area contributed by atoms with E-state index in [1.807, 2.05) is 31.7 Å². The number of aryl methyl sites for hydroxylation is 1. The average molecular weight is 274 g/mol. The molecule has 6 nitrogen and oxygen atoms in total. The van der Waals surface area contributed by atoms with E-state index in [0.29, 0.717) is 17.0 Å². The van der Waals surface area contributed by atoms with Gasteiger partial charge < -0.3 is 10.1 Å². The van der Waals surface area contributed by atoms with E-state index in [9.17, 15) is 4.79 Å². The van der Waals surface area contributed by atoms with Gasteiger partial charge in [-0.2, -0.15) is 0 Å². The van der Waals surface area contributed by atoms with Crippen LogP contribution in [0.5, 0.6) is 0 Å². The van der Waals surface area contributed by atoms with E-state index in [2.05, 4.69) is 10.1 Å². The third kappa shape index (κ3) is 2.24. The molecule has 0 saturated carbocycles. The first kappa shape index (κ1) is 14.0.